The van der Waals surface area contributed by atoms with Crippen LogP contribution in [0.3, 0.4) is 0 Å². The Labute approximate surface area is 112 Å². The van der Waals surface area contributed by atoms with Crippen molar-refractivity contribution in [2.45, 2.75) is 0 Å². The Morgan fingerprint density at radius 1 is 1.50 bits per heavy atom. The van der Waals surface area contributed by atoms with Gasteiger partial charge in [0.2, 0.25) is 10.1 Å². The second kappa shape index (κ2) is 16.6. The normalized spacial score (nSPS) is 1.00. The van der Waals surface area contributed by atoms with Gasteiger partial charge in [-0.15, -0.1) is 0 Å². The molecule has 0 fully saturated rings. The third kappa shape index (κ3) is 8.91. The van der Waals surface area contributed by atoms with Crippen molar-refractivity contribution < 1.29 is 10.2 Å². The fourth-order valence-electron chi connectivity index (χ4n) is 0. The summed E-state index contributed by atoms with van der Waals surface area (Å²) in [5, 5.41) is 0. The van der Waals surface area contributed by atoms with Gasteiger partial charge in [0.1, 0.15) is 0 Å². The first-order chi connectivity index (χ1) is 1.00. The molecule has 0 aliphatic carbocycles. The molecule has 20 valence electrons. The van der Waals surface area contributed by atoms with E-state index in [0.29, 0.717) is 10.1 Å². The summed E-state index contributed by atoms with van der Waals surface area (Å²) in [4.78, 5) is 0. The maximum absolute atomic E-state index is 8.28. The van der Waals surface area contributed by atoms with Gasteiger partial charge in [-0.1, -0.05) is 0 Å². The summed E-state index contributed by atoms with van der Waals surface area (Å²) in [6, 6.07) is 0. The maximum Gasteiger partial charge on any atom is 2.00 e. The van der Waals surface area contributed by atoms with Gasteiger partial charge in [-0.3, -0.25) is 0 Å². The first-order valence-electron chi connectivity index (χ1n) is 0.289. The van der Waals surface area contributed by atoms with Crippen molar-refractivity contribution in [3.63, 3.8) is 0 Å². The van der Waals surface area contributed by atoms with Gasteiger partial charge in [0, 0.05) is 0 Å². The summed E-state index contributed by atoms with van der Waals surface area (Å²) in [5.74, 6) is 0. The minimum absolute atomic E-state index is 0. The molecule has 0 amide bonds. The van der Waals surface area contributed by atoms with Crippen LogP contribution in [0.1, 0.15) is 5.71 Å². The van der Waals surface area contributed by atoms with E-state index in [9.17, 15) is 0 Å². The van der Waals surface area contributed by atoms with Crippen LogP contribution in [0.5, 0.6) is 0 Å². The Balaban J connectivity index is -0.000000000333. The largest absolute Gasteiger partial charge is 2.00 e. The van der Waals surface area contributed by atoms with Crippen LogP contribution in [0.4, 0.5) is 0 Å². The van der Waals surface area contributed by atoms with E-state index < -0.39 is 0 Å². The average molecular weight is 275 g/mol. The predicted octanol–water partition coefficient (Wildman–Crippen LogP) is -1.35. The summed E-state index contributed by atoms with van der Waals surface area (Å²) in [6.07, 6.45) is 0. The van der Waals surface area contributed by atoms with Crippen molar-refractivity contribution in [3.05, 3.63) is 0 Å². The zero-order valence-electron chi connectivity index (χ0n) is 6.53. The van der Waals surface area contributed by atoms with Crippen molar-refractivity contribution in [2.75, 3.05) is 0 Å². The van der Waals surface area contributed by atoms with E-state index in [1.54, 1.807) is 0 Å². The molecule has 0 aliphatic rings. The number of hydrogen-bond donors (Lipinski definition) is 0. The van der Waals surface area contributed by atoms with E-state index in [0.717, 1.165) is 0 Å². The fourth-order valence-corrected chi connectivity index (χ4v) is 0. The molecule has 0 heterocycles. The summed E-state index contributed by atoms with van der Waals surface area (Å²) in [5.41, 5.74) is 0. The van der Waals surface area contributed by atoms with Gasteiger partial charge >= 0.3 is 94.4 Å². The first-order valence-corrected chi connectivity index (χ1v) is 0.866. The van der Waals surface area contributed by atoms with Gasteiger partial charge in [-0.2, -0.15) is 0 Å². The predicted molar refractivity (Wildman–Crippen MR) is 25.2 cm³/mol. The first kappa shape index (κ1) is 15.7. The van der Waals surface area contributed by atoms with Crippen LogP contribution < -0.4 is 0 Å². The Morgan fingerprint density at radius 2 is 1.50 bits per heavy atom. The molecule has 0 aromatic heterocycles. The van der Waals surface area contributed by atoms with Gasteiger partial charge in [-0.25, -0.2) is 0 Å². The molecule has 0 unspecified atom stereocenters. The molecule has 0 radical (unpaired) electrons. The van der Waals surface area contributed by atoms with E-state index in [-0.39, 0.29) is 100 Å². The number of rotatable bonds is 0. The van der Waals surface area contributed by atoms with Crippen LogP contribution in [0.25, 0.3) is 0 Å². The van der Waals surface area contributed by atoms with E-state index in [2.05, 4.69) is 0 Å². The summed E-state index contributed by atoms with van der Waals surface area (Å²) in [7, 11) is 0.611. The molecular weight excluding hydrogens is 269 g/mol. The van der Waals surface area contributed by atoms with Crippen molar-refractivity contribution in [1.29, 1.82) is 0 Å². The van der Waals surface area contributed by atoms with E-state index in [1.807, 2.05) is 0 Å². The van der Waals surface area contributed by atoms with Crippen LogP contribution in [0, 0.1) is 0 Å². The van der Waals surface area contributed by atoms with Crippen molar-refractivity contribution in [1.82, 2.24) is 0 Å². The molecular formula is H6BaOSiSr. The van der Waals surface area contributed by atoms with E-state index in [1.165, 1.54) is 0 Å². The van der Waals surface area contributed by atoms with Crippen molar-refractivity contribution in [2.24, 2.45) is 0 Å². The number of hydrogen-bond acceptors (Lipinski definition) is 1. The van der Waals surface area contributed by atoms with Crippen LogP contribution >= 0.6 is 0 Å². The maximum atomic E-state index is 8.28. The third-order valence-electron chi connectivity index (χ3n) is 0. The van der Waals surface area contributed by atoms with E-state index in [4.69, 9.17) is 4.46 Å². The molecule has 0 bridgehead atoms. The van der Waals surface area contributed by atoms with Crippen molar-refractivity contribution in [3.8, 4) is 0 Å². The van der Waals surface area contributed by atoms with Gasteiger partial charge in [0.25, 0.3) is 0 Å². The third-order valence-corrected chi connectivity index (χ3v) is 0. The summed E-state index contributed by atoms with van der Waals surface area (Å²) >= 11 is 0. The molecule has 0 spiro atoms. The zero-order valence-corrected chi connectivity index (χ0v) is 11.9. The van der Waals surface area contributed by atoms with Crippen LogP contribution in [0.15, 0.2) is 0 Å². The minimum atomic E-state index is 0. The monoisotopic (exact) mass is 276 g/mol. The molecule has 0 rings (SSSR count). The Morgan fingerprint density at radius 3 is 1.50 bits per heavy atom. The van der Waals surface area contributed by atoms with Gasteiger partial charge < -0.3 is 10.2 Å². The van der Waals surface area contributed by atoms with Gasteiger partial charge in [0.15, 0.2) is 0 Å². The Kier molecular flexibility index (Phi) is 65.1. The van der Waals surface area contributed by atoms with Crippen molar-refractivity contribution >= 4 is 104 Å². The van der Waals surface area contributed by atoms with Crippen LogP contribution in [-0.4, -0.2) is 104 Å². The van der Waals surface area contributed by atoms with Gasteiger partial charge in [-0.05, 0) is 0 Å². The molecule has 4 heavy (non-hydrogen) atoms. The summed E-state index contributed by atoms with van der Waals surface area (Å²) < 4.78 is 8.28. The molecule has 0 saturated heterocycles. The SMILES string of the molecule is O=[SiH2].[Ba+2].[H-].[H-].[H-].[H-].[Sr+2]. The second-order valence-electron chi connectivity index (χ2n) is 0. The molecule has 0 atom stereocenters. The molecule has 4 heteroatoms. The summed E-state index contributed by atoms with van der Waals surface area (Å²) in [6.45, 7) is 0. The Bertz CT molecular complexity index is 16.0. The van der Waals surface area contributed by atoms with Crippen LogP contribution in [-0.2, 0) is 4.46 Å². The quantitative estimate of drug-likeness (QED) is 0.500. The minimum Gasteiger partial charge on any atom is -1.00 e. The molecule has 0 aromatic rings. The fraction of sp³-hybridized carbons (Fsp3) is 0. The topological polar surface area (TPSA) is 17.1 Å². The standard InChI is InChI=1S/Ba.H2OSi.Sr.4H/c;1-2;;;;;/h;2H2;;;;;/q+2;;+2;4*-1. The molecule has 1 nitrogen and oxygen atoms in total. The van der Waals surface area contributed by atoms with Gasteiger partial charge in [0.05, 0.1) is 0 Å². The molecule has 0 N–H and O–H groups in total. The second-order valence-corrected chi connectivity index (χ2v) is 0. The molecule has 0 saturated carbocycles. The smallest absolute Gasteiger partial charge is 1.00 e. The molecule has 0 aromatic carbocycles. The average Bonchev–Trinajstić information content (AvgIpc) is 1.00. The Hall–Kier alpha value is 3.07. The van der Waals surface area contributed by atoms with E-state index >= 15 is 0 Å². The molecule has 0 aliphatic heterocycles. The zero-order chi connectivity index (χ0) is 2.00. The van der Waals surface area contributed by atoms with Crippen LogP contribution in [0.2, 0.25) is 0 Å².